The maximum atomic E-state index is 12.7. The first kappa shape index (κ1) is 19.2. The summed E-state index contributed by atoms with van der Waals surface area (Å²) in [4.78, 5) is 29.8. The number of carbonyl (C=O) groups is 1. The van der Waals surface area contributed by atoms with E-state index >= 15 is 0 Å². The number of amides is 1. The molecule has 2 saturated carbocycles. The van der Waals surface area contributed by atoms with Gasteiger partial charge in [-0.2, -0.15) is 0 Å². The van der Waals surface area contributed by atoms with Gasteiger partial charge < -0.3 is 5.32 Å². The molecule has 0 aliphatic heterocycles. The van der Waals surface area contributed by atoms with E-state index in [1.165, 1.54) is 25.7 Å². The smallest absolute Gasteiger partial charge is 0.261 e. The minimum absolute atomic E-state index is 0.0406. The predicted molar refractivity (Wildman–Crippen MR) is 111 cm³/mol. The van der Waals surface area contributed by atoms with Crippen molar-refractivity contribution in [3.05, 3.63) is 40.9 Å². The third kappa shape index (κ3) is 4.45. The first-order valence-electron chi connectivity index (χ1n) is 11.0. The zero-order chi connectivity index (χ0) is 19.3. The molecule has 0 unspecified atom stereocenters. The van der Waals surface area contributed by atoms with Crippen LogP contribution in [0.5, 0.6) is 0 Å². The van der Waals surface area contributed by atoms with Crippen LogP contribution in [0.25, 0.3) is 10.9 Å². The molecule has 2 aliphatic carbocycles. The predicted octanol–water partition coefficient (Wildman–Crippen LogP) is 4.04. The summed E-state index contributed by atoms with van der Waals surface area (Å²) in [6, 6.07) is 7.89. The lowest BCUT2D eigenvalue weighted by atomic mass is 9.81. The lowest BCUT2D eigenvalue weighted by Gasteiger charge is -2.29. The van der Waals surface area contributed by atoms with Crippen LogP contribution >= 0.6 is 0 Å². The molecule has 0 spiro atoms. The summed E-state index contributed by atoms with van der Waals surface area (Å²) >= 11 is 0. The van der Waals surface area contributed by atoms with E-state index in [-0.39, 0.29) is 17.4 Å². The van der Waals surface area contributed by atoms with Gasteiger partial charge in [-0.25, -0.2) is 4.98 Å². The highest BCUT2D eigenvalue weighted by atomic mass is 16.2. The van der Waals surface area contributed by atoms with Gasteiger partial charge in [0.1, 0.15) is 0 Å². The van der Waals surface area contributed by atoms with E-state index in [9.17, 15) is 9.59 Å². The molecule has 2 aromatic rings. The number of benzene rings is 1. The molecule has 28 heavy (non-hydrogen) atoms. The molecule has 1 aromatic heterocycles. The fourth-order valence-electron chi connectivity index (χ4n) is 4.86. The van der Waals surface area contributed by atoms with Crippen LogP contribution in [0.4, 0.5) is 0 Å². The van der Waals surface area contributed by atoms with Crippen molar-refractivity contribution in [2.45, 2.75) is 76.8 Å². The standard InChI is InChI=1S/C23H31N3O2/c27-22(25-19-7-3-1-2-4-8-19)18-13-11-17(12-14-18)15-26-16-24-21-10-6-5-9-20(21)23(26)28/h5-6,9-10,16-19H,1-4,7-8,11-15H2,(H,25,27). The normalized spacial score (nSPS) is 24.0. The summed E-state index contributed by atoms with van der Waals surface area (Å²) in [7, 11) is 0. The highest BCUT2D eigenvalue weighted by molar-refractivity contribution is 5.79. The molecule has 5 nitrogen and oxygen atoms in total. The second-order valence-electron chi connectivity index (χ2n) is 8.63. The summed E-state index contributed by atoms with van der Waals surface area (Å²) in [5, 5.41) is 4.00. The maximum absolute atomic E-state index is 12.7. The van der Waals surface area contributed by atoms with Gasteiger partial charge in [0.05, 0.1) is 17.2 Å². The topological polar surface area (TPSA) is 64.0 Å². The quantitative estimate of drug-likeness (QED) is 0.813. The fraction of sp³-hybridized carbons (Fsp3) is 0.609. The molecule has 1 N–H and O–H groups in total. The minimum atomic E-state index is 0.0406. The van der Waals surface area contributed by atoms with Crippen molar-refractivity contribution >= 4 is 16.8 Å². The molecule has 4 rings (SSSR count). The molecule has 150 valence electrons. The van der Waals surface area contributed by atoms with E-state index in [0.29, 0.717) is 23.9 Å². The van der Waals surface area contributed by atoms with Crippen LogP contribution in [-0.2, 0) is 11.3 Å². The summed E-state index contributed by atoms with van der Waals surface area (Å²) in [5.41, 5.74) is 0.793. The number of nitrogens with zero attached hydrogens (tertiary/aromatic N) is 2. The SMILES string of the molecule is O=C(NC1CCCCCC1)C1CCC(Cn2cnc3ccccc3c2=O)CC1. The van der Waals surface area contributed by atoms with Gasteiger partial charge in [-0.15, -0.1) is 0 Å². The van der Waals surface area contributed by atoms with Crippen LogP contribution in [-0.4, -0.2) is 21.5 Å². The van der Waals surface area contributed by atoms with Crippen molar-refractivity contribution in [1.29, 1.82) is 0 Å². The summed E-state index contributed by atoms with van der Waals surface area (Å²) in [6.45, 7) is 0.702. The van der Waals surface area contributed by atoms with Crippen molar-refractivity contribution in [2.75, 3.05) is 0 Å². The van der Waals surface area contributed by atoms with Gasteiger partial charge in [-0.3, -0.25) is 14.2 Å². The lowest BCUT2D eigenvalue weighted by molar-refractivity contribution is -0.127. The van der Waals surface area contributed by atoms with Crippen LogP contribution in [0.15, 0.2) is 35.4 Å². The van der Waals surface area contributed by atoms with Gasteiger partial charge in [0, 0.05) is 18.5 Å². The van der Waals surface area contributed by atoms with Gasteiger partial charge in [-0.05, 0) is 56.6 Å². The van der Waals surface area contributed by atoms with Crippen LogP contribution < -0.4 is 10.9 Å². The molecule has 1 heterocycles. The van der Waals surface area contributed by atoms with E-state index in [1.807, 2.05) is 24.3 Å². The van der Waals surface area contributed by atoms with Crippen molar-refractivity contribution in [1.82, 2.24) is 14.9 Å². The largest absolute Gasteiger partial charge is 0.353 e. The van der Waals surface area contributed by atoms with Gasteiger partial charge in [0.2, 0.25) is 5.91 Å². The number of fused-ring (bicyclic) bond motifs is 1. The third-order valence-electron chi connectivity index (χ3n) is 6.61. The highest BCUT2D eigenvalue weighted by Crippen LogP contribution is 2.30. The summed E-state index contributed by atoms with van der Waals surface area (Å²) in [6.07, 6.45) is 12.9. The molecule has 0 saturated heterocycles. The molecule has 2 aliphatic rings. The third-order valence-corrected chi connectivity index (χ3v) is 6.61. The lowest BCUT2D eigenvalue weighted by Crippen LogP contribution is -2.40. The molecule has 0 bridgehead atoms. The molecular formula is C23H31N3O2. The van der Waals surface area contributed by atoms with Gasteiger partial charge in [-0.1, -0.05) is 37.8 Å². The van der Waals surface area contributed by atoms with Crippen LogP contribution in [0, 0.1) is 11.8 Å². The molecule has 2 fully saturated rings. The fourth-order valence-corrected chi connectivity index (χ4v) is 4.86. The zero-order valence-corrected chi connectivity index (χ0v) is 16.6. The number of hydrogen-bond acceptors (Lipinski definition) is 3. The average molecular weight is 382 g/mol. The first-order valence-corrected chi connectivity index (χ1v) is 11.0. The minimum Gasteiger partial charge on any atom is -0.353 e. The van der Waals surface area contributed by atoms with E-state index in [1.54, 1.807) is 10.9 Å². The van der Waals surface area contributed by atoms with Crippen LogP contribution in [0.1, 0.15) is 64.2 Å². The first-order chi connectivity index (χ1) is 13.7. The Morgan fingerprint density at radius 2 is 1.71 bits per heavy atom. The van der Waals surface area contributed by atoms with E-state index < -0.39 is 0 Å². The number of aromatic nitrogens is 2. The Morgan fingerprint density at radius 1 is 1.00 bits per heavy atom. The van der Waals surface area contributed by atoms with E-state index in [4.69, 9.17) is 0 Å². The Morgan fingerprint density at radius 3 is 2.46 bits per heavy atom. The number of rotatable bonds is 4. The van der Waals surface area contributed by atoms with E-state index in [2.05, 4.69) is 10.3 Å². The number of hydrogen-bond donors (Lipinski definition) is 1. The molecule has 1 amide bonds. The van der Waals surface area contributed by atoms with Gasteiger partial charge in [0.15, 0.2) is 0 Å². The van der Waals surface area contributed by atoms with Gasteiger partial charge >= 0.3 is 0 Å². The maximum Gasteiger partial charge on any atom is 0.261 e. The second kappa shape index (κ2) is 8.89. The molecule has 0 atom stereocenters. The molecule has 5 heteroatoms. The Hall–Kier alpha value is -2.17. The molecule has 1 aromatic carbocycles. The van der Waals surface area contributed by atoms with Gasteiger partial charge in [0.25, 0.3) is 5.56 Å². The summed E-state index contributed by atoms with van der Waals surface area (Å²) < 4.78 is 1.75. The van der Waals surface area contributed by atoms with Crippen LogP contribution in [0.2, 0.25) is 0 Å². The number of carbonyl (C=O) groups excluding carboxylic acids is 1. The van der Waals surface area contributed by atoms with Crippen molar-refractivity contribution in [3.63, 3.8) is 0 Å². The average Bonchev–Trinajstić information content (AvgIpc) is 2.99. The Labute approximate surface area is 166 Å². The molecule has 0 radical (unpaired) electrons. The monoisotopic (exact) mass is 381 g/mol. The van der Waals surface area contributed by atoms with Crippen molar-refractivity contribution in [3.8, 4) is 0 Å². The second-order valence-corrected chi connectivity index (χ2v) is 8.63. The Balaban J connectivity index is 1.31. The Bertz CT molecular complexity index is 860. The summed E-state index contributed by atoms with van der Waals surface area (Å²) in [5.74, 6) is 0.850. The zero-order valence-electron chi connectivity index (χ0n) is 16.6. The number of para-hydroxylation sites is 1. The Kier molecular flexibility index (Phi) is 6.08. The highest BCUT2D eigenvalue weighted by Gasteiger charge is 2.28. The molecular weight excluding hydrogens is 350 g/mol. The van der Waals surface area contributed by atoms with Crippen LogP contribution in [0.3, 0.4) is 0 Å². The van der Waals surface area contributed by atoms with Crippen molar-refractivity contribution < 1.29 is 4.79 Å². The van der Waals surface area contributed by atoms with Crippen molar-refractivity contribution in [2.24, 2.45) is 11.8 Å². The van der Waals surface area contributed by atoms with E-state index in [0.717, 1.165) is 44.0 Å². The number of nitrogens with one attached hydrogen (secondary N) is 1.